The number of benzene rings is 1. The summed E-state index contributed by atoms with van der Waals surface area (Å²) >= 11 is 13.9. The van der Waals surface area contributed by atoms with Gasteiger partial charge in [0.15, 0.2) is 11.5 Å². The number of nitrogens with one attached hydrogen (secondary N) is 1. The number of aromatic nitrogens is 5. The number of halogens is 3. The second-order valence-electron chi connectivity index (χ2n) is 6.78. The molecule has 4 aromatic heterocycles. The maximum Gasteiger partial charge on any atom is 0.262 e. The van der Waals surface area contributed by atoms with Gasteiger partial charge in [-0.05, 0) is 29.6 Å². The van der Waals surface area contributed by atoms with E-state index in [0.717, 1.165) is 10.6 Å². The van der Waals surface area contributed by atoms with Crippen LogP contribution in [0.15, 0.2) is 60.4 Å². The summed E-state index contributed by atoms with van der Waals surface area (Å²) in [5.41, 5.74) is 1.78. The lowest BCUT2D eigenvalue weighted by atomic mass is 10.2. The van der Waals surface area contributed by atoms with Gasteiger partial charge in [-0.25, -0.2) is 13.9 Å². The van der Waals surface area contributed by atoms with Crippen LogP contribution in [0.2, 0.25) is 10.0 Å². The fourth-order valence-electron chi connectivity index (χ4n) is 3.25. The normalized spacial score (nSPS) is 11.2. The Kier molecular flexibility index (Phi) is 5.38. The van der Waals surface area contributed by atoms with Gasteiger partial charge in [0.05, 0.1) is 23.3 Å². The molecule has 0 saturated carbocycles. The Morgan fingerprint density at radius 1 is 1.16 bits per heavy atom. The molecule has 1 aromatic carbocycles. The number of fused-ring (bicyclic) bond motifs is 1. The highest BCUT2D eigenvalue weighted by Crippen LogP contribution is 2.27. The number of anilines is 1. The summed E-state index contributed by atoms with van der Waals surface area (Å²) < 4.78 is 17.1. The number of amides is 1. The number of carbonyl (C=O) groups excluding carboxylic acids is 1. The highest BCUT2D eigenvalue weighted by atomic mass is 35.5. The number of rotatable bonds is 5. The molecule has 1 amide bonds. The third kappa shape index (κ3) is 3.75. The lowest BCUT2D eigenvalue weighted by Gasteiger charge is -2.06. The predicted molar refractivity (Wildman–Crippen MR) is 122 cm³/mol. The van der Waals surface area contributed by atoms with Gasteiger partial charge in [0.2, 0.25) is 0 Å². The van der Waals surface area contributed by atoms with Gasteiger partial charge in [-0.3, -0.25) is 9.48 Å². The van der Waals surface area contributed by atoms with E-state index in [0.29, 0.717) is 5.65 Å². The average molecular weight is 487 g/mol. The maximum atomic E-state index is 14.1. The first-order valence-electron chi connectivity index (χ1n) is 9.35. The molecule has 32 heavy (non-hydrogen) atoms. The molecule has 4 heterocycles. The molecule has 0 unspecified atom stereocenters. The van der Waals surface area contributed by atoms with Crippen molar-refractivity contribution in [3.05, 3.63) is 87.4 Å². The Morgan fingerprint density at radius 3 is 2.81 bits per heavy atom. The summed E-state index contributed by atoms with van der Waals surface area (Å²) in [6, 6.07) is 10.2. The van der Waals surface area contributed by atoms with E-state index in [-0.39, 0.29) is 33.5 Å². The standard InChI is InChI=1S/C21H13Cl2FN6OS/c22-14-3-1-4-16(24)13(14)10-29-11-15(23)19(28-29)27-21(31)12-9-26-30-17(6-7-25-20(12)30)18-5-2-8-32-18/h1-9,11H,10H2,(H,27,28,31). The third-order valence-corrected chi connectivity index (χ3v) is 6.27. The van der Waals surface area contributed by atoms with E-state index >= 15 is 0 Å². The van der Waals surface area contributed by atoms with Crippen molar-refractivity contribution in [2.75, 3.05) is 5.32 Å². The SMILES string of the molecule is O=C(Nc1nn(Cc2c(F)cccc2Cl)cc1Cl)c1cnn2c(-c3cccs3)ccnc12. The molecule has 160 valence electrons. The van der Waals surface area contributed by atoms with Crippen molar-refractivity contribution in [3.8, 4) is 10.6 Å². The minimum atomic E-state index is -0.466. The average Bonchev–Trinajstić information content (AvgIpc) is 3.51. The van der Waals surface area contributed by atoms with E-state index in [1.807, 2.05) is 23.6 Å². The Bertz CT molecular complexity index is 1430. The van der Waals surface area contributed by atoms with E-state index in [2.05, 4.69) is 20.5 Å². The molecule has 0 spiro atoms. The van der Waals surface area contributed by atoms with Crippen molar-refractivity contribution in [2.24, 2.45) is 0 Å². The van der Waals surface area contributed by atoms with Crippen molar-refractivity contribution < 1.29 is 9.18 Å². The molecule has 7 nitrogen and oxygen atoms in total. The van der Waals surface area contributed by atoms with Crippen LogP contribution < -0.4 is 5.32 Å². The molecule has 5 rings (SSSR count). The lowest BCUT2D eigenvalue weighted by Crippen LogP contribution is -2.13. The summed E-state index contributed by atoms with van der Waals surface area (Å²) in [4.78, 5) is 18.2. The summed E-state index contributed by atoms with van der Waals surface area (Å²) in [5.74, 6) is -0.779. The number of nitrogens with zero attached hydrogens (tertiary/aromatic N) is 5. The fraction of sp³-hybridized carbons (Fsp3) is 0.0476. The molecule has 0 atom stereocenters. The minimum absolute atomic E-state index is 0.0591. The molecule has 0 aliphatic carbocycles. The van der Waals surface area contributed by atoms with Crippen LogP contribution in [0.5, 0.6) is 0 Å². The molecule has 0 bridgehead atoms. The molecule has 0 radical (unpaired) electrons. The first-order chi connectivity index (χ1) is 15.5. The van der Waals surface area contributed by atoms with Gasteiger partial charge in [-0.1, -0.05) is 35.3 Å². The van der Waals surface area contributed by atoms with E-state index in [1.54, 1.807) is 28.1 Å². The summed E-state index contributed by atoms with van der Waals surface area (Å²) in [5, 5.41) is 13.7. The van der Waals surface area contributed by atoms with E-state index < -0.39 is 11.7 Å². The van der Waals surface area contributed by atoms with Crippen LogP contribution in [-0.2, 0) is 6.54 Å². The molecular formula is C21H13Cl2FN6OS. The fourth-order valence-corrected chi connectivity index (χ4v) is 4.40. The highest BCUT2D eigenvalue weighted by Gasteiger charge is 2.19. The van der Waals surface area contributed by atoms with Gasteiger partial charge in [0.25, 0.3) is 5.91 Å². The quantitative estimate of drug-likeness (QED) is 0.360. The Morgan fingerprint density at radius 2 is 2.03 bits per heavy atom. The van der Waals surface area contributed by atoms with Crippen molar-refractivity contribution in [2.45, 2.75) is 6.54 Å². The summed E-state index contributed by atoms with van der Waals surface area (Å²) in [6.45, 7) is 0.0591. The first-order valence-corrected chi connectivity index (χ1v) is 11.0. The molecular weight excluding hydrogens is 474 g/mol. The first kappa shape index (κ1) is 20.6. The Hall–Kier alpha value is -3.27. The Balaban J connectivity index is 1.41. The van der Waals surface area contributed by atoms with Crippen molar-refractivity contribution in [3.63, 3.8) is 0 Å². The molecule has 0 fully saturated rings. The van der Waals surface area contributed by atoms with Crippen LogP contribution in [0.4, 0.5) is 10.2 Å². The number of thiophene rings is 1. The highest BCUT2D eigenvalue weighted by molar-refractivity contribution is 7.13. The largest absolute Gasteiger partial charge is 0.304 e. The summed E-state index contributed by atoms with van der Waals surface area (Å²) in [6.07, 6.45) is 4.56. The number of carbonyl (C=O) groups is 1. The van der Waals surface area contributed by atoms with Crippen LogP contribution >= 0.6 is 34.5 Å². The van der Waals surface area contributed by atoms with E-state index in [9.17, 15) is 9.18 Å². The van der Waals surface area contributed by atoms with Crippen LogP contribution in [0.3, 0.4) is 0 Å². The minimum Gasteiger partial charge on any atom is -0.304 e. The monoisotopic (exact) mass is 486 g/mol. The van der Waals surface area contributed by atoms with Crippen molar-refractivity contribution in [1.29, 1.82) is 0 Å². The van der Waals surface area contributed by atoms with Crippen molar-refractivity contribution >= 4 is 51.9 Å². The predicted octanol–water partition coefficient (Wildman–Crippen LogP) is 5.40. The van der Waals surface area contributed by atoms with Crippen LogP contribution in [0.1, 0.15) is 15.9 Å². The lowest BCUT2D eigenvalue weighted by molar-refractivity contribution is 0.102. The second-order valence-corrected chi connectivity index (χ2v) is 8.54. The van der Waals surface area contributed by atoms with Gasteiger partial charge in [0, 0.05) is 23.0 Å². The zero-order valence-electron chi connectivity index (χ0n) is 16.2. The van der Waals surface area contributed by atoms with Gasteiger partial charge >= 0.3 is 0 Å². The topological polar surface area (TPSA) is 77.1 Å². The maximum absolute atomic E-state index is 14.1. The molecule has 0 aliphatic heterocycles. The van der Waals surface area contributed by atoms with Crippen molar-refractivity contribution in [1.82, 2.24) is 24.4 Å². The zero-order valence-corrected chi connectivity index (χ0v) is 18.5. The van der Waals surface area contributed by atoms with Gasteiger partial charge in [-0.15, -0.1) is 11.3 Å². The van der Waals surface area contributed by atoms with Gasteiger partial charge < -0.3 is 5.32 Å². The number of hydrogen-bond donors (Lipinski definition) is 1. The molecule has 1 N–H and O–H groups in total. The Labute approximate surface area is 195 Å². The molecule has 0 saturated heterocycles. The second kappa shape index (κ2) is 8.34. The zero-order chi connectivity index (χ0) is 22.2. The van der Waals surface area contributed by atoms with E-state index in [1.165, 1.54) is 29.2 Å². The van der Waals surface area contributed by atoms with Crippen LogP contribution in [-0.4, -0.2) is 30.3 Å². The molecule has 5 aromatic rings. The molecule has 0 aliphatic rings. The number of hydrogen-bond acceptors (Lipinski definition) is 5. The molecule has 11 heteroatoms. The summed E-state index contributed by atoms with van der Waals surface area (Å²) in [7, 11) is 0. The van der Waals surface area contributed by atoms with E-state index in [4.69, 9.17) is 23.2 Å². The van der Waals surface area contributed by atoms with Gasteiger partial charge in [0.1, 0.15) is 16.4 Å². The van der Waals surface area contributed by atoms with Crippen LogP contribution in [0.25, 0.3) is 16.2 Å². The van der Waals surface area contributed by atoms with Gasteiger partial charge in [-0.2, -0.15) is 10.2 Å². The third-order valence-electron chi connectivity index (χ3n) is 4.75. The smallest absolute Gasteiger partial charge is 0.262 e. The van der Waals surface area contributed by atoms with Crippen LogP contribution in [0, 0.1) is 5.82 Å².